The maximum Gasteiger partial charge on any atom is 0.513 e. The Bertz CT molecular complexity index is 858. The Kier molecular flexibility index (Phi) is 4.97. The van der Waals surface area contributed by atoms with Crippen molar-refractivity contribution in [3.05, 3.63) is 58.1 Å². The lowest BCUT2D eigenvalue weighted by atomic mass is 9.79. The maximum absolute atomic E-state index is 13.6. The largest absolute Gasteiger partial charge is 0.513 e. The minimum atomic E-state index is -4.64. The van der Waals surface area contributed by atoms with Crippen molar-refractivity contribution in [1.29, 1.82) is 0 Å². The Balaban J connectivity index is 2.22. The Morgan fingerprint density at radius 3 is 2.59 bits per heavy atom. The van der Waals surface area contributed by atoms with Gasteiger partial charge in [0.2, 0.25) is 0 Å². The second kappa shape index (κ2) is 7.07. The maximum atomic E-state index is 13.6. The lowest BCUT2D eigenvalue weighted by Gasteiger charge is -2.35. The molecular weight excluding hydrogens is 365 g/mol. The molecule has 0 amide bonds. The summed E-state index contributed by atoms with van der Waals surface area (Å²) >= 11 is 0. The van der Waals surface area contributed by atoms with Gasteiger partial charge in [-0.3, -0.25) is 4.79 Å². The molecule has 1 unspecified atom stereocenters. The fraction of sp³-hybridized carbons (Fsp3) is 0.333. The molecule has 0 saturated carbocycles. The standard InChI is InChI=1S/C18H17F3N2O4/c1-9-16(27-17(25)26-2)14(15-12(23-9)7-22-8-13(15)24)10-5-3-4-6-11(10)18(19,20)21/h3-6,14,22-23H,7-8H2,1-2H3. The molecular formula is C18H17F3N2O4. The van der Waals surface area contributed by atoms with Crippen LogP contribution in [-0.4, -0.2) is 32.1 Å². The highest BCUT2D eigenvalue weighted by Crippen LogP contribution is 2.44. The number of allylic oxidation sites excluding steroid dienone is 2. The SMILES string of the molecule is COC(=O)OC1=C(C)NC2=C(C(=O)CNC2)C1c1ccccc1C(F)(F)F. The molecule has 3 rings (SSSR count). The molecule has 0 spiro atoms. The third-order valence-corrected chi connectivity index (χ3v) is 4.41. The van der Waals surface area contributed by atoms with Gasteiger partial charge >= 0.3 is 12.3 Å². The van der Waals surface area contributed by atoms with Crippen LogP contribution in [0.2, 0.25) is 0 Å². The van der Waals surface area contributed by atoms with E-state index in [1.165, 1.54) is 18.2 Å². The van der Waals surface area contributed by atoms with Crippen molar-refractivity contribution >= 4 is 11.9 Å². The number of methoxy groups -OCH3 is 1. The number of Topliss-reactive ketones (excluding diaryl/α,β-unsaturated/α-hetero) is 1. The number of ketones is 1. The van der Waals surface area contributed by atoms with E-state index in [9.17, 15) is 22.8 Å². The average Bonchev–Trinajstić information content (AvgIpc) is 2.62. The van der Waals surface area contributed by atoms with Gasteiger partial charge in [-0.1, -0.05) is 18.2 Å². The summed E-state index contributed by atoms with van der Waals surface area (Å²) in [6, 6.07) is 4.94. The van der Waals surface area contributed by atoms with E-state index >= 15 is 0 Å². The summed E-state index contributed by atoms with van der Waals surface area (Å²) in [5.74, 6) is -1.63. The summed E-state index contributed by atoms with van der Waals surface area (Å²) in [5.41, 5.74) is -0.114. The zero-order valence-electron chi connectivity index (χ0n) is 14.6. The van der Waals surface area contributed by atoms with E-state index < -0.39 is 23.8 Å². The normalized spacial score (nSPS) is 20.2. The van der Waals surface area contributed by atoms with E-state index in [1.54, 1.807) is 6.92 Å². The van der Waals surface area contributed by atoms with E-state index in [2.05, 4.69) is 15.4 Å². The number of hydrogen-bond acceptors (Lipinski definition) is 6. The van der Waals surface area contributed by atoms with Gasteiger partial charge in [0, 0.05) is 17.8 Å². The predicted octanol–water partition coefficient (Wildman–Crippen LogP) is 2.83. The molecule has 2 aliphatic heterocycles. The van der Waals surface area contributed by atoms with Crippen LogP contribution in [0.25, 0.3) is 0 Å². The molecule has 2 N–H and O–H groups in total. The third-order valence-electron chi connectivity index (χ3n) is 4.41. The number of hydrogen-bond donors (Lipinski definition) is 2. The molecule has 2 heterocycles. The lowest BCUT2D eigenvalue weighted by Crippen LogP contribution is -2.43. The molecule has 1 atom stereocenters. The minimum absolute atomic E-state index is 0.0181. The van der Waals surface area contributed by atoms with Gasteiger partial charge in [-0.15, -0.1) is 0 Å². The minimum Gasteiger partial charge on any atom is -0.437 e. The van der Waals surface area contributed by atoms with Gasteiger partial charge < -0.3 is 20.1 Å². The molecule has 0 aliphatic carbocycles. The lowest BCUT2D eigenvalue weighted by molar-refractivity contribution is -0.138. The van der Waals surface area contributed by atoms with Gasteiger partial charge in [0.1, 0.15) is 5.76 Å². The van der Waals surface area contributed by atoms with Crippen molar-refractivity contribution in [1.82, 2.24) is 10.6 Å². The highest BCUT2D eigenvalue weighted by molar-refractivity contribution is 6.01. The number of carbonyl (C=O) groups is 2. The van der Waals surface area contributed by atoms with Gasteiger partial charge in [-0.2, -0.15) is 13.2 Å². The fourth-order valence-corrected chi connectivity index (χ4v) is 3.31. The first-order valence-electron chi connectivity index (χ1n) is 8.10. The molecule has 0 bridgehead atoms. The van der Waals surface area contributed by atoms with Crippen LogP contribution in [0.1, 0.15) is 24.0 Å². The van der Waals surface area contributed by atoms with E-state index in [4.69, 9.17) is 4.74 Å². The summed E-state index contributed by atoms with van der Waals surface area (Å²) in [7, 11) is 1.09. The number of halogens is 3. The smallest absolute Gasteiger partial charge is 0.437 e. The average molecular weight is 382 g/mol. The molecule has 27 heavy (non-hydrogen) atoms. The quantitative estimate of drug-likeness (QED) is 0.766. The number of rotatable bonds is 2. The zero-order valence-corrected chi connectivity index (χ0v) is 14.6. The molecule has 9 heteroatoms. The van der Waals surface area contributed by atoms with E-state index in [-0.39, 0.29) is 35.8 Å². The second-order valence-electron chi connectivity index (χ2n) is 6.11. The number of ether oxygens (including phenoxy) is 2. The first-order chi connectivity index (χ1) is 12.7. The van der Waals surface area contributed by atoms with Crippen molar-refractivity contribution in [3.8, 4) is 0 Å². The first-order valence-corrected chi connectivity index (χ1v) is 8.10. The van der Waals surface area contributed by atoms with Crippen molar-refractivity contribution < 1.29 is 32.2 Å². The highest BCUT2D eigenvalue weighted by atomic mass is 19.4. The Morgan fingerprint density at radius 1 is 1.22 bits per heavy atom. The summed E-state index contributed by atoms with van der Waals surface area (Å²) in [5, 5.41) is 5.84. The van der Waals surface area contributed by atoms with Crippen molar-refractivity contribution in [2.75, 3.05) is 20.2 Å². The van der Waals surface area contributed by atoms with Crippen LogP contribution in [0, 0.1) is 0 Å². The number of benzene rings is 1. The van der Waals surface area contributed by atoms with E-state index in [1.807, 2.05) is 0 Å². The van der Waals surface area contributed by atoms with Gasteiger partial charge in [0.25, 0.3) is 0 Å². The molecule has 1 aromatic carbocycles. The molecule has 0 fully saturated rings. The van der Waals surface area contributed by atoms with Crippen molar-refractivity contribution in [3.63, 3.8) is 0 Å². The Labute approximate surface area is 153 Å². The number of nitrogens with one attached hydrogen (secondary N) is 2. The van der Waals surface area contributed by atoms with Gasteiger partial charge in [0.05, 0.1) is 30.8 Å². The van der Waals surface area contributed by atoms with Crippen LogP contribution in [0.15, 0.2) is 47.0 Å². The van der Waals surface area contributed by atoms with Gasteiger partial charge in [-0.05, 0) is 18.6 Å². The summed E-state index contributed by atoms with van der Waals surface area (Å²) in [6.45, 7) is 1.83. The third kappa shape index (κ3) is 3.55. The molecule has 0 radical (unpaired) electrons. The molecule has 144 valence electrons. The van der Waals surface area contributed by atoms with Crippen LogP contribution in [-0.2, 0) is 20.4 Å². The molecule has 2 aliphatic rings. The number of carbonyl (C=O) groups excluding carboxylic acids is 2. The summed E-state index contributed by atoms with van der Waals surface area (Å²) in [4.78, 5) is 24.2. The van der Waals surface area contributed by atoms with Crippen LogP contribution in [0.4, 0.5) is 18.0 Å². The van der Waals surface area contributed by atoms with Crippen LogP contribution < -0.4 is 10.6 Å². The monoisotopic (exact) mass is 382 g/mol. The first kappa shape index (κ1) is 19.0. The van der Waals surface area contributed by atoms with Crippen molar-refractivity contribution in [2.45, 2.75) is 19.0 Å². The van der Waals surface area contributed by atoms with Crippen molar-refractivity contribution in [2.24, 2.45) is 0 Å². The van der Waals surface area contributed by atoms with E-state index in [0.29, 0.717) is 11.4 Å². The van der Waals surface area contributed by atoms with Gasteiger partial charge in [-0.25, -0.2) is 4.79 Å². The van der Waals surface area contributed by atoms with Crippen LogP contribution in [0.3, 0.4) is 0 Å². The predicted molar refractivity (Wildman–Crippen MR) is 88.4 cm³/mol. The molecule has 0 saturated heterocycles. The van der Waals surface area contributed by atoms with Crippen LogP contribution >= 0.6 is 0 Å². The molecule has 1 aromatic rings. The van der Waals surface area contributed by atoms with Crippen LogP contribution in [0.5, 0.6) is 0 Å². The zero-order chi connectivity index (χ0) is 19.8. The molecule has 6 nitrogen and oxygen atoms in total. The summed E-state index contributed by atoms with van der Waals surface area (Å²) in [6.07, 6.45) is -5.71. The van der Waals surface area contributed by atoms with Gasteiger partial charge in [0.15, 0.2) is 5.78 Å². The number of dihydropyridines is 1. The summed E-state index contributed by atoms with van der Waals surface area (Å²) < 4.78 is 50.5. The topological polar surface area (TPSA) is 76.7 Å². The Morgan fingerprint density at radius 2 is 1.93 bits per heavy atom. The molecule has 0 aromatic heterocycles. The van der Waals surface area contributed by atoms with E-state index in [0.717, 1.165) is 13.2 Å². The highest BCUT2D eigenvalue weighted by Gasteiger charge is 2.43. The Hall–Kier alpha value is -2.81. The fourth-order valence-electron chi connectivity index (χ4n) is 3.31. The number of alkyl halides is 3. The second-order valence-corrected chi connectivity index (χ2v) is 6.11.